The Bertz CT molecular complexity index is 418. The highest BCUT2D eigenvalue weighted by atomic mass is 19.1. The predicted octanol–water partition coefficient (Wildman–Crippen LogP) is 1.97. The lowest BCUT2D eigenvalue weighted by Crippen LogP contribution is -2.34. The Morgan fingerprint density at radius 3 is 2.82 bits per heavy atom. The normalized spacial score (nSPS) is 11.3. The van der Waals surface area contributed by atoms with Crippen molar-refractivity contribution in [3.63, 3.8) is 0 Å². The highest BCUT2D eigenvalue weighted by Gasteiger charge is 2.19. The smallest absolute Gasteiger partial charge is 0.254 e. The molecule has 94 valence electrons. The fourth-order valence-corrected chi connectivity index (χ4v) is 1.18. The molecular formula is C12H18FN3O. The molecule has 5 heteroatoms. The lowest BCUT2D eigenvalue weighted by molar-refractivity contribution is 0.0931. The van der Waals surface area contributed by atoms with Gasteiger partial charge in [0.15, 0.2) is 11.6 Å². The van der Waals surface area contributed by atoms with Crippen LogP contribution in [0, 0.1) is 11.2 Å². The summed E-state index contributed by atoms with van der Waals surface area (Å²) in [6.07, 6.45) is 2.24. The van der Waals surface area contributed by atoms with E-state index in [2.05, 4.69) is 10.3 Å². The highest BCUT2D eigenvalue weighted by Crippen LogP contribution is 2.18. The quantitative estimate of drug-likeness (QED) is 0.844. The minimum atomic E-state index is -0.765. The summed E-state index contributed by atoms with van der Waals surface area (Å²) in [7, 11) is 0. The molecule has 1 aromatic rings. The fourth-order valence-electron chi connectivity index (χ4n) is 1.18. The first kappa shape index (κ1) is 13.4. The molecule has 1 rings (SSSR count). The van der Waals surface area contributed by atoms with Gasteiger partial charge in [0.05, 0.1) is 5.56 Å². The Morgan fingerprint density at radius 2 is 2.24 bits per heavy atom. The van der Waals surface area contributed by atoms with Crippen LogP contribution in [0.1, 0.15) is 37.6 Å². The van der Waals surface area contributed by atoms with Gasteiger partial charge < -0.3 is 11.1 Å². The lowest BCUT2D eigenvalue weighted by atomic mass is 9.90. The third kappa shape index (κ3) is 3.41. The maximum atomic E-state index is 13.5. The van der Waals surface area contributed by atoms with Crippen LogP contribution in [0.4, 0.5) is 10.2 Å². The van der Waals surface area contributed by atoms with Gasteiger partial charge in [-0.25, -0.2) is 9.37 Å². The summed E-state index contributed by atoms with van der Waals surface area (Å²) in [4.78, 5) is 15.3. The third-order valence-corrected chi connectivity index (χ3v) is 2.85. The molecule has 1 aromatic heterocycles. The van der Waals surface area contributed by atoms with Crippen molar-refractivity contribution in [2.24, 2.45) is 5.41 Å². The van der Waals surface area contributed by atoms with Crippen molar-refractivity contribution in [3.8, 4) is 0 Å². The van der Waals surface area contributed by atoms with Gasteiger partial charge in [-0.05, 0) is 17.9 Å². The van der Waals surface area contributed by atoms with E-state index in [1.54, 1.807) is 0 Å². The molecule has 0 aliphatic rings. The molecule has 0 saturated carbocycles. The van der Waals surface area contributed by atoms with Crippen molar-refractivity contribution < 1.29 is 9.18 Å². The lowest BCUT2D eigenvalue weighted by Gasteiger charge is -2.22. The van der Waals surface area contributed by atoms with Crippen LogP contribution < -0.4 is 11.1 Å². The monoisotopic (exact) mass is 239 g/mol. The number of nitrogen functional groups attached to an aromatic ring is 1. The molecule has 0 aromatic carbocycles. The second kappa shape index (κ2) is 5.12. The van der Waals surface area contributed by atoms with E-state index in [9.17, 15) is 9.18 Å². The number of amides is 1. The number of carbonyl (C=O) groups excluding carboxylic acids is 1. The molecule has 0 aliphatic carbocycles. The van der Waals surface area contributed by atoms with Gasteiger partial charge in [0, 0.05) is 12.7 Å². The summed E-state index contributed by atoms with van der Waals surface area (Å²) in [6.45, 7) is 6.59. The largest absolute Gasteiger partial charge is 0.381 e. The van der Waals surface area contributed by atoms with Gasteiger partial charge in [0.2, 0.25) is 0 Å². The Labute approximate surface area is 100 Å². The van der Waals surface area contributed by atoms with E-state index in [0.29, 0.717) is 6.54 Å². The van der Waals surface area contributed by atoms with Crippen LogP contribution in [0.5, 0.6) is 0 Å². The van der Waals surface area contributed by atoms with Gasteiger partial charge in [-0.15, -0.1) is 0 Å². The Morgan fingerprint density at radius 1 is 1.59 bits per heavy atom. The number of pyridine rings is 1. The van der Waals surface area contributed by atoms with Crippen molar-refractivity contribution in [1.29, 1.82) is 0 Å². The van der Waals surface area contributed by atoms with Crippen LogP contribution in [0.15, 0.2) is 12.3 Å². The number of halogens is 1. The second-order valence-electron chi connectivity index (χ2n) is 4.76. The maximum Gasteiger partial charge on any atom is 0.254 e. The number of hydrogen-bond donors (Lipinski definition) is 2. The molecule has 4 nitrogen and oxygen atoms in total. The van der Waals surface area contributed by atoms with E-state index in [1.165, 1.54) is 12.3 Å². The number of carbonyl (C=O) groups is 1. The molecule has 0 unspecified atom stereocenters. The molecule has 3 N–H and O–H groups in total. The molecular weight excluding hydrogens is 221 g/mol. The van der Waals surface area contributed by atoms with E-state index in [0.717, 1.165) is 6.42 Å². The van der Waals surface area contributed by atoms with Crippen molar-refractivity contribution in [1.82, 2.24) is 10.3 Å². The number of aromatic nitrogens is 1. The molecule has 0 spiro atoms. The zero-order valence-corrected chi connectivity index (χ0v) is 10.4. The van der Waals surface area contributed by atoms with Crippen LogP contribution in [-0.2, 0) is 0 Å². The van der Waals surface area contributed by atoms with Crippen LogP contribution in [0.2, 0.25) is 0 Å². The predicted molar refractivity (Wildman–Crippen MR) is 65.0 cm³/mol. The van der Waals surface area contributed by atoms with Crippen molar-refractivity contribution >= 4 is 11.7 Å². The molecule has 0 aliphatic heterocycles. The average molecular weight is 239 g/mol. The molecule has 1 heterocycles. The Hall–Kier alpha value is -1.65. The van der Waals surface area contributed by atoms with E-state index in [4.69, 9.17) is 5.73 Å². The van der Waals surface area contributed by atoms with Gasteiger partial charge in [-0.2, -0.15) is 0 Å². The summed E-state index contributed by atoms with van der Waals surface area (Å²) in [5, 5.41) is 2.70. The van der Waals surface area contributed by atoms with Gasteiger partial charge in [0.1, 0.15) is 0 Å². The van der Waals surface area contributed by atoms with E-state index in [-0.39, 0.29) is 16.8 Å². The molecule has 0 atom stereocenters. The summed E-state index contributed by atoms with van der Waals surface area (Å²) in [5.74, 6) is -1.48. The SMILES string of the molecule is CCC(C)(C)CNC(=O)c1ccnc(N)c1F. The van der Waals surface area contributed by atoms with Crippen LogP contribution >= 0.6 is 0 Å². The summed E-state index contributed by atoms with van der Waals surface area (Å²) in [5.41, 5.74) is 5.23. The standard InChI is InChI=1S/C12H18FN3O/c1-4-12(2,3)7-16-11(17)8-5-6-15-10(14)9(8)13/h5-6H,4,7H2,1-3H3,(H2,14,15)(H,16,17). The molecule has 1 amide bonds. The molecule has 17 heavy (non-hydrogen) atoms. The van der Waals surface area contributed by atoms with Crippen molar-refractivity contribution in [2.45, 2.75) is 27.2 Å². The van der Waals surface area contributed by atoms with Gasteiger partial charge in [0.25, 0.3) is 5.91 Å². The van der Waals surface area contributed by atoms with Gasteiger partial charge >= 0.3 is 0 Å². The number of rotatable bonds is 4. The van der Waals surface area contributed by atoms with Crippen LogP contribution in [0.3, 0.4) is 0 Å². The summed E-state index contributed by atoms with van der Waals surface area (Å²) in [6, 6.07) is 1.32. The van der Waals surface area contributed by atoms with E-state index >= 15 is 0 Å². The zero-order valence-electron chi connectivity index (χ0n) is 10.4. The van der Waals surface area contributed by atoms with E-state index in [1.807, 2.05) is 20.8 Å². The number of anilines is 1. The maximum absolute atomic E-state index is 13.5. The molecule has 0 bridgehead atoms. The van der Waals surface area contributed by atoms with Gasteiger partial charge in [-0.1, -0.05) is 20.8 Å². The van der Waals surface area contributed by atoms with Crippen molar-refractivity contribution in [3.05, 3.63) is 23.6 Å². The van der Waals surface area contributed by atoms with E-state index < -0.39 is 11.7 Å². The number of hydrogen-bond acceptors (Lipinski definition) is 3. The molecule has 0 radical (unpaired) electrons. The Kier molecular flexibility index (Phi) is 4.04. The average Bonchev–Trinajstić information content (AvgIpc) is 2.30. The highest BCUT2D eigenvalue weighted by molar-refractivity contribution is 5.95. The zero-order chi connectivity index (χ0) is 13.1. The number of nitrogens with zero attached hydrogens (tertiary/aromatic N) is 1. The van der Waals surface area contributed by atoms with Crippen molar-refractivity contribution in [2.75, 3.05) is 12.3 Å². The number of nitrogens with two attached hydrogens (primary N) is 1. The third-order valence-electron chi connectivity index (χ3n) is 2.85. The minimum Gasteiger partial charge on any atom is -0.381 e. The summed E-state index contributed by atoms with van der Waals surface area (Å²) < 4.78 is 13.5. The first-order valence-corrected chi connectivity index (χ1v) is 5.55. The minimum absolute atomic E-state index is 0.00922. The van der Waals surface area contributed by atoms with Crippen LogP contribution in [0.25, 0.3) is 0 Å². The second-order valence-corrected chi connectivity index (χ2v) is 4.76. The molecule has 0 fully saturated rings. The summed E-state index contributed by atoms with van der Waals surface area (Å²) >= 11 is 0. The Balaban J connectivity index is 2.74. The number of nitrogens with one attached hydrogen (secondary N) is 1. The van der Waals surface area contributed by atoms with Gasteiger partial charge in [-0.3, -0.25) is 4.79 Å². The fraction of sp³-hybridized carbons (Fsp3) is 0.500. The first-order valence-electron chi connectivity index (χ1n) is 5.55. The topological polar surface area (TPSA) is 68.0 Å². The first-order chi connectivity index (χ1) is 7.87. The molecule has 0 saturated heterocycles. The van der Waals surface area contributed by atoms with Crippen LogP contribution in [-0.4, -0.2) is 17.4 Å².